The molecule has 0 radical (unpaired) electrons. The van der Waals surface area contributed by atoms with Crippen molar-refractivity contribution in [3.8, 4) is 17.2 Å². The van der Waals surface area contributed by atoms with Crippen LogP contribution in [-0.4, -0.2) is 51.7 Å². The van der Waals surface area contributed by atoms with Crippen LogP contribution in [0.15, 0.2) is 52.7 Å². The molecule has 0 saturated heterocycles. The number of carboxylic acid groups (broad SMARTS) is 1. The minimum absolute atomic E-state index is 0.0250. The Morgan fingerprint density at radius 3 is 2.34 bits per heavy atom. The third kappa shape index (κ3) is 7.81. The summed E-state index contributed by atoms with van der Waals surface area (Å²) in [5.74, 6) is -1.75. The Morgan fingerprint density at radius 2 is 1.72 bits per heavy atom. The number of Topliss-reactive ketones (excluding diaryl/α,β-unsaturated/α-hetero) is 1. The monoisotopic (exact) mass is 646 g/mol. The van der Waals surface area contributed by atoms with Crippen LogP contribution in [0.3, 0.4) is 0 Å². The van der Waals surface area contributed by atoms with Gasteiger partial charge in [-0.15, -0.1) is 0 Å². The lowest BCUT2D eigenvalue weighted by Gasteiger charge is -2.40. The van der Waals surface area contributed by atoms with Crippen LogP contribution in [0.4, 0.5) is 0 Å². The molecule has 3 aliphatic heterocycles. The van der Waals surface area contributed by atoms with Crippen molar-refractivity contribution in [2.75, 3.05) is 0 Å². The SMILES string of the molecule is CC(C)=CCC[C@@]1(C)C=Cc2c(O)c3c(c(CC=C(C)C)c2O1)OC1/C(=C\C(C=O)CC(C)C(C)(C)OC1C/C=C(\C)C(=O)O)C3=O. The second-order valence-corrected chi connectivity index (χ2v) is 14.4. The van der Waals surface area contributed by atoms with E-state index in [1.807, 2.05) is 59.8 Å². The van der Waals surface area contributed by atoms with Crippen molar-refractivity contribution in [3.05, 3.63) is 69.4 Å². The molecule has 0 spiro atoms. The molecular weight excluding hydrogens is 596 g/mol. The van der Waals surface area contributed by atoms with E-state index < -0.39 is 41.1 Å². The maximum absolute atomic E-state index is 14.6. The number of ketones is 1. The number of aldehydes is 1. The number of carboxylic acids is 1. The highest BCUT2D eigenvalue weighted by Crippen LogP contribution is 2.52. The van der Waals surface area contributed by atoms with Crippen LogP contribution in [-0.2, 0) is 20.7 Å². The summed E-state index contributed by atoms with van der Waals surface area (Å²) in [7, 11) is 0. The quantitative estimate of drug-likeness (QED) is 0.157. The number of fused-ring (bicyclic) bond motifs is 3. The Hall–Kier alpha value is -3.91. The first-order valence-electron chi connectivity index (χ1n) is 16.5. The van der Waals surface area contributed by atoms with Crippen LogP contribution in [0.5, 0.6) is 17.2 Å². The van der Waals surface area contributed by atoms with Gasteiger partial charge in [-0.3, -0.25) is 4.79 Å². The topological polar surface area (TPSA) is 119 Å². The van der Waals surface area contributed by atoms with Crippen molar-refractivity contribution in [2.45, 2.75) is 118 Å². The maximum Gasteiger partial charge on any atom is 0.330 e. The number of phenols is 1. The van der Waals surface area contributed by atoms with Gasteiger partial charge in [0.1, 0.15) is 40.8 Å². The van der Waals surface area contributed by atoms with E-state index in [0.717, 1.165) is 18.3 Å². The molecule has 5 atom stereocenters. The molecule has 3 aliphatic rings. The summed E-state index contributed by atoms with van der Waals surface area (Å²) in [6, 6.07) is 0. The summed E-state index contributed by atoms with van der Waals surface area (Å²) >= 11 is 0. The number of aliphatic carboxylic acids is 1. The summed E-state index contributed by atoms with van der Waals surface area (Å²) in [4.78, 5) is 38.6. The second kappa shape index (κ2) is 14.1. The van der Waals surface area contributed by atoms with Gasteiger partial charge in [0, 0.05) is 22.6 Å². The zero-order valence-electron chi connectivity index (χ0n) is 29.2. The van der Waals surface area contributed by atoms with Gasteiger partial charge >= 0.3 is 5.97 Å². The zero-order valence-corrected chi connectivity index (χ0v) is 29.2. The van der Waals surface area contributed by atoms with Gasteiger partial charge < -0.3 is 29.2 Å². The average Bonchev–Trinajstić information content (AvgIpc) is 3.01. The normalized spacial score (nSPS) is 27.6. The Bertz CT molecular complexity index is 1580. The fraction of sp³-hybridized carbons (Fsp3) is 0.513. The van der Waals surface area contributed by atoms with Crippen molar-refractivity contribution < 1.29 is 38.8 Å². The number of rotatable bonds is 9. The lowest BCUT2D eigenvalue weighted by Crippen LogP contribution is -2.46. The molecule has 8 nitrogen and oxygen atoms in total. The molecule has 0 fully saturated rings. The van der Waals surface area contributed by atoms with Gasteiger partial charge in [0.2, 0.25) is 0 Å². The largest absolute Gasteiger partial charge is 0.506 e. The van der Waals surface area contributed by atoms with Crippen molar-refractivity contribution >= 4 is 24.1 Å². The molecule has 0 amide bonds. The Kier molecular flexibility index (Phi) is 10.8. The Labute approximate surface area is 278 Å². The average molecular weight is 647 g/mol. The molecule has 2 N–H and O–H groups in total. The summed E-state index contributed by atoms with van der Waals surface area (Å²) in [6.07, 6.45) is 12.7. The summed E-state index contributed by atoms with van der Waals surface area (Å²) in [6.45, 7) is 17.4. The summed E-state index contributed by atoms with van der Waals surface area (Å²) < 4.78 is 20.2. The van der Waals surface area contributed by atoms with E-state index in [2.05, 4.69) is 19.9 Å². The van der Waals surface area contributed by atoms with Crippen molar-refractivity contribution in [2.24, 2.45) is 11.8 Å². The van der Waals surface area contributed by atoms with E-state index >= 15 is 0 Å². The highest BCUT2D eigenvalue weighted by molar-refractivity contribution is 6.15. The van der Waals surface area contributed by atoms with Gasteiger partial charge in [-0.1, -0.05) is 42.4 Å². The second-order valence-electron chi connectivity index (χ2n) is 14.4. The predicted octanol–water partition coefficient (Wildman–Crippen LogP) is 8.12. The molecular formula is C39H50O8. The van der Waals surface area contributed by atoms with Crippen LogP contribution in [0.2, 0.25) is 0 Å². The molecule has 0 bridgehead atoms. The molecule has 0 saturated carbocycles. The third-order valence-corrected chi connectivity index (χ3v) is 9.57. The van der Waals surface area contributed by atoms with Gasteiger partial charge in [-0.25, -0.2) is 4.79 Å². The third-order valence-electron chi connectivity index (χ3n) is 9.57. The Morgan fingerprint density at radius 1 is 1.04 bits per heavy atom. The number of allylic oxidation sites excluding steroid dienone is 5. The van der Waals surface area contributed by atoms with Gasteiger partial charge in [-0.2, -0.15) is 0 Å². The lowest BCUT2D eigenvalue weighted by atomic mass is 9.82. The van der Waals surface area contributed by atoms with E-state index in [1.165, 1.54) is 12.5 Å². The van der Waals surface area contributed by atoms with Crippen molar-refractivity contribution in [1.29, 1.82) is 0 Å². The zero-order chi connectivity index (χ0) is 34.8. The molecule has 3 heterocycles. The van der Waals surface area contributed by atoms with E-state index in [-0.39, 0.29) is 40.5 Å². The van der Waals surface area contributed by atoms with Gasteiger partial charge in [0.15, 0.2) is 11.9 Å². The van der Waals surface area contributed by atoms with Crippen LogP contribution in [0.25, 0.3) is 6.08 Å². The van der Waals surface area contributed by atoms with Crippen LogP contribution >= 0.6 is 0 Å². The molecule has 0 aliphatic carbocycles. The first kappa shape index (κ1) is 35.9. The fourth-order valence-electron chi connectivity index (χ4n) is 6.29. The summed E-state index contributed by atoms with van der Waals surface area (Å²) in [5, 5.41) is 21.3. The molecule has 47 heavy (non-hydrogen) atoms. The lowest BCUT2D eigenvalue weighted by molar-refractivity contribution is -0.133. The molecule has 0 aromatic heterocycles. The van der Waals surface area contributed by atoms with Crippen molar-refractivity contribution in [1.82, 2.24) is 0 Å². The van der Waals surface area contributed by atoms with Gasteiger partial charge in [0.25, 0.3) is 0 Å². The minimum Gasteiger partial charge on any atom is -0.506 e. The molecule has 4 rings (SSSR count). The van der Waals surface area contributed by atoms with Crippen LogP contribution in [0, 0.1) is 11.8 Å². The molecule has 8 heteroatoms. The van der Waals surface area contributed by atoms with Crippen LogP contribution in [0.1, 0.15) is 109 Å². The van der Waals surface area contributed by atoms with E-state index in [1.54, 1.807) is 12.2 Å². The van der Waals surface area contributed by atoms with E-state index in [4.69, 9.17) is 14.2 Å². The van der Waals surface area contributed by atoms with Crippen LogP contribution < -0.4 is 9.47 Å². The van der Waals surface area contributed by atoms with Gasteiger partial charge in [0.05, 0.1) is 11.2 Å². The highest BCUT2D eigenvalue weighted by atomic mass is 16.6. The number of ether oxygens (including phenoxy) is 3. The number of benzene rings is 1. The molecule has 254 valence electrons. The number of phenolic OH excluding ortho intramolecular Hbond substituents is 1. The predicted molar refractivity (Wildman–Crippen MR) is 183 cm³/mol. The number of carbonyl (C=O) groups is 3. The highest BCUT2D eigenvalue weighted by Gasteiger charge is 2.46. The maximum atomic E-state index is 14.6. The van der Waals surface area contributed by atoms with E-state index in [9.17, 15) is 24.6 Å². The standard InChI is InChI=1S/C39H50O8/c1-22(2)11-10-17-39(9)18-16-27-32(41)31-33(42)29-20-26(21-40)19-25(6)38(7,8)46-30(15-13-24(5)37(43)44)35(29)45-36(31)28(34(27)47-39)14-12-23(3)4/h11-13,16,18,20-21,25-26,30,35,41H,10,14-15,17,19H2,1-9H3,(H,43,44)/b24-13+,29-20-/t25?,26?,30?,35?,39-/m0/s1. The molecule has 1 aromatic rings. The fourth-order valence-corrected chi connectivity index (χ4v) is 6.29. The van der Waals surface area contributed by atoms with Crippen molar-refractivity contribution in [3.63, 3.8) is 0 Å². The molecule has 4 unspecified atom stereocenters. The van der Waals surface area contributed by atoms with E-state index in [0.29, 0.717) is 36.1 Å². The first-order chi connectivity index (χ1) is 22.0. The summed E-state index contributed by atoms with van der Waals surface area (Å²) in [5.41, 5.74) is 2.29. The number of aromatic hydroxyl groups is 1. The number of carbonyl (C=O) groups excluding carboxylic acids is 2. The Balaban J connectivity index is 1.96. The number of hydrogen-bond acceptors (Lipinski definition) is 7. The first-order valence-corrected chi connectivity index (χ1v) is 16.5. The number of hydrogen-bond donors (Lipinski definition) is 2. The molecule has 1 aromatic carbocycles. The van der Waals surface area contributed by atoms with Gasteiger partial charge in [-0.05, 0) is 106 Å². The smallest absolute Gasteiger partial charge is 0.330 e. The minimum atomic E-state index is -1.05.